The van der Waals surface area contributed by atoms with Gasteiger partial charge in [0.25, 0.3) is 0 Å². The molecule has 1 rings (SSSR count). The fraction of sp³-hybridized carbons (Fsp3) is 0.692. The Kier molecular flexibility index (Phi) is 7.86. The van der Waals surface area contributed by atoms with Gasteiger partial charge in [0, 0.05) is 25.7 Å². The first-order valence-corrected chi connectivity index (χ1v) is 6.91. The minimum absolute atomic E-state index is 0.0112. The zero-order chi connectivity index (χ0) is 14.8. The Hall–Kier alpha value is -1.44. The maximum absolute atomic E-state index is 11.7. The fourth-order valence-corrected chi connectivity index (χ4v) is 2.18. The molecule has 0 aromatic heterocycles. The zero-order valence-electron chi connectivity index (χ0n) is 11.7. The fourth-order valence-electron chi connectivity index (χ4n) is 2.18. The van der Waals surface area contributed by atoms with Gasteiger partial charge in [0.05, 0.1) is 13.2 Å². The van der Waals surface area contributed by atoms with E-state index in [1.54, 1.807) is 0 Å². The number of amides is 3. The number of carbonyl (C=O) groups is 2. The molecule has 1 saturated heterocycles. The molecule has 0 radical (unpaired) electrons. The van der Waals surface area contributed by atoms with Crippen molar-refractivity contribution >= 4 is 11.9 Å². The van der Waals surface area contributed by atoms with Crippen LogP contribution in [0.3, 0.4) is 0 Å². The minimum atomic E-state index is -0.530. The predicted molar refractivity (Wildman–Crippen MR) is 76.3 cm³/mol. The maximum Gasteiger partial charge on any atom is 0.321 e. The number of rotatable bonds is 8. The summed E-state index contributed by atoms with van der Waals surface area (Å²) in [5, 5.41) is 17.1. The van der Waals surface area contributed by atoms with E-state index in [2.05, 4.69) is 22.5 Å². The van der Waals surface area contributed by atoms with Gasteiger partial charge in [0.1, 0.15) is 0 Å². The van der Waals surface area contributed by atoms with Crippen molar-refractivity contribution in [2.24, 2.45) is 0 Å². The Bertz CT molecular complexity index is 330. The lowest BCUT2D eigenvalue weighted by Gasteiger charge is -2.24. The summed E-state index contributed by atoms with van der Waals surface area (Å²) in [7, 11) is 0. The first-order chi connectivity index (χ1) is 9.65. The van der Waals surface area contributed by atoms with Crippen molar-refractivity contribution < 1.29 is 14.7 Å². The van der Waals surface area contributed by atoms with E-state index in [-0.39, 0.29) is 19.1 Å². The molecule has 1 fully saturated rings. The molecule has 4 N–H and O–H groups in total. The summed E-state index contributed by atoms with van der Waals surface area (Å²) in [5.74, 6) is -0.377. The van der Waals surface area contributed by atoms with Gasteiger partial charge < -0.3 is 15.7 Å². The summed E-state index contributed by atoms with van der Waals surface area (Å²) < 4.78 is 0. The lowest BCUT2D eigenvalue weighted by Crippen LogP contribution is -2.47. The molecule has 114 valence electrons. The van der Waals surface area contributed by atoms with E-state index in [9.17, 15) is 9.59 Å². The van der Waals surface area contributed by atoms with Crippen molar-refractivity contribution in [2.75, 3.05) is 39.3 Å². The molecular weight excluding hydrogens is 260 g/mol. The Labute approximate surface area is 119 Å². The van der Waals surface area contributed by atoms with E-state index in [0.717, 1.165) is 19.4 Å². The second-order valence-electron chi connectivity index (χ2n) is 4.80. The molecule has 0 aromatic rings. The number of urea groups is 1. The van der Waals surface area contributed by atoms with Gasteiger partial charge in [-0.2, -0.15) is 0 Å². The lowest BCUT2D eigenvalue weighted by molar-refractivity contribution is -0.121. The van der Waals surface area contributed by atoms with Crippen LogP contribution in [0.25, 0.3) is 0 Å². The van der Waals surface area contributed by atoms with Crippen LogP contribution in [0.5, 0.6) is 0 Å². The number of nitrogens with one attached hydrogen (secondary N) is 3. The highest BCUT2D eigenvalue weighted by molar-refractivity contribution is 5.95. The summed E-state index contributed by atoms with van der Waals surface area (Å²) in [5.41, 5.74) is 0. The third-order valence-corrected chi connectivity index (χ3v) is 3.08. The molecule has 1 aliphatic heterocycles. The van der Waals surface area contributed by atoms with Crippen molar-refractivity contribution in [2.45, 2.75) is 18.9 Å². The van der Waals surface area contributed by atoms with Crippen LogP contribution in [-0.4, -0.2) is 67.3 Å². The quantitative estimate of drug-likeness (QED) is 0.431. The minimum Gasteiger partial charge on any atom is -0.395 e. The predicted octanol–water partition coefficient (Wildman–Crippen LogP) is -0.955. The van der Waals surface area contributed by atoms with Gasteiger partial charge in [-0.1, -0.05) is 6.08 Å². The zero-order valence-corrected chi connectivity index (χ0v) is 11.7. The SMILES string of the molecule is C=CCNC(=O)NC(=O)CN(CCO)CC1CCCN1. The molecule has 0 saturated carbocycles. The number of nitrogens with zero attached hydrogens (tertiary/aromatic N) is 1. The second kappa shape index (κ2) is 9.46. The highest BCUT2D eigenvalue weighted by atomic mass is 16.3. The van der Waals surface area contributed by atoms with Crippen LogP contribution in [-0.2, 0) is 4.79 Å². The van der Waals surface area contributed by atoms with Crippen molar-refractivity contribution in [3.8, 4) is 0 Å². The van der Waals surface area contributed by atoms with E-state index >= 15 is 0 Å². The lowest BCUT2D eigenvalue weighted by atomic mass is 10.2. The van der Waals surface area contributed by atoms with Gasteiger partial charge in [-0.3, -0.25) is 15.0 Å². The van der Waals surface area contributed by atoms with E-state index in [1.165, 1.54) is 6.08 Å². The molecule has 20 heavy (non-hydrogen) atoms. The van der Waals surface area contributed by atoms with Crippen LogP contribution in [0, 0.1) is 0 Å². The second-order valence-corrected chi connectivity index (χ2v) is 4.80. The normalized spacial score (nSPS) is 18.0. The molecule has 0 spiro atoms. The Morgan fingerprint density at radius 1 is 1.50 bits per heavy atom. The molecule has 1 heterocycles. The molecule has 7 heteroatoms. The number of imide groups is 1. The van der Waals surface area contributed by atoms with Gasteiger partial charge in [-0.15, -0.1) is 6.58 Å². The van der Waals surface area contributed by atoms with Gasteiger partial charge in [-0.05, 0) is 19.4 Å². The number of aliphatic hydroxyl groups excluding tert-OH is 1. The Balaban J connectivity index is 2.33. The summed E-state index contributed by atoms with van der Waals surface area (Å²) in [6, 6.07) is -0.179. The molecule has 0 aromatic carbocycles. The number of aliphatic hydroxyl groups is 1. The van der Waals surface area contributed by atoms with E-state index < -0.39 is 6.03 Å². The molecule has 1 unspecified atom stereocenters. The Morgan fingerprint density at radius 3 is 2.90 bits per heavy atom. The van der Waals surface area contributed by atoms with Crippen molar-refractivity contribution in [3.05, 3.63) is 12.7 Å². The summed E-state index contributed by atoms with van der Waals surface area (Å²) >= 11 is 0. The topological polar surface area (TPSA) is 93.7 Å². The Morgan fingerprint density at radius 2 is 2.30 bits per heavy atom. The molecule has 1 atom stereocenters. The first-order valence-electron chi connectivity index (χ1n) is 6.91. The molecule has 3 amide bonds. The third-order valence-electron chi connectivity index (χ3n) is 3.08. The summed E-state index contributed by atoms with van der Waals surface area (Å²) in [6.45, 7) is 5.98. The molecule has 0 bridgehead atoms. The average Bonchev–Trinajstić information content (AvgIpc) is 2.89. The van der Waals surface area contributed by atoms with Crippen LogP contribution in [0.1, 0.15) is 12.8 Å². The molecule has 0 aliphatic carbocycles. The monoisotopic (exact) mass is 284 g/mol. The van der Waals surface area contributed by atoms with E-state index in [4.69, 9.17) is 5.11 Å². The molecule has 1 aliphatic rings. The average molecular weight is 284 g/mol. The van der Waals surface area contributed by atoms with E-state index in [1.807, 2.05) is 4.90 Å². The van der Waals surface area contributed by atoms with Crippen molar-refractivity contribution in [3.63, 3.8) is 0 Å². The van der Waals surface area contributed by atoms with E-state index in [0.29, 0.717) is 25.7 Å². The first kappa shape index (κ1) is 16.6. The highest BCUT2D eigenvalue weighted by Crippen LogP contribution is 2.06. The number of hydrogen-bond donors (Lipinski definition) is 4. The van der Waals surface area contributed by atoms with Gasteiger partial charge >= 0.3 is 6.03 Å². The standard InChI is InChI=1S/C13H24N4O3/c1-2-5-15-13(20)16-12(19)10-17(7-8-18)9-11-4-3-6-14-11/h2,11,14,18H,1,3-10H2,(H2,15,16,19,20). The van der Waals surface area contributed by atoms with Gasteiger partial charge in [0.2, 0.25) is 5.91 Å². The van der Waals surface area contributed by atoms with Crippen LogP contribution >= 0.6 is 0 Å². The summed E-state index contributed by atoms with van der Waals surface area (Å²) in [6.07, 6.45) is 3.74. The smallest absolute Gasteiger partial charge is 0.321 e. The highest BCUT2D eigenvalue weighted by Gasteiger charge is 2.19. The number of hydrogen-bond acceptors (Lipinski definition) is 5. The summed E-state index contributed by atoms with van der Waals surface area (Å²) in [4.78, 5) is 24.9. The van der Waals surface area contributed by atoms with Crippen molar-refractivity contribution in [1.82, 2.24) is 20.9 Å². The van der Waals surface area contributed by atoms with Crippen LogP contribution in [0.2, 0.25) is 0 Å². The number of carbonyl (C=O) groups excluding carboxylic acids is 2. The largest absolute Gasteiger partial charge is 0.395 e. The van der Waals surface area contributed by atoms with Crippen molar-refractivity contribution in [1.29, 1.82) is 0 Å². The third kappa shape index (κ3) is 6.65. The van der Waals surface area contributed by atoms with Crippen LogP contribution < -0.4 is 16.0 Å². The van der Waals surface area contributed by atoms with Gasteiger partial charge in [0.15, 0.2) is 0 Å². The van der Waals surface area contributed by atoms with Gasteiger partial charge in [-0.25, -0.2) is 4.79 Å². The van der Waals surface area contributed by atoms with Crippen LogP contribution in [0.15, 0.2) is 12.7 Å². The molecule has 7 nitrogen and oxygen atoms in total. The maximum atomic E-state index is 11.7. The molecular formula is C13H24N4O3. The van der Waals surface area contributed by atoms with Crippen LogP contribution in [0.4, 0.5) is 4.79 Å².